The number of carbonyl (C=O) groups excluding carboxylic acids is 1. The maximum Gasteiger partial charge on any atom is 0.224 e. The molecule has 1 aliphatic rings. The van der Waals surface area contributed by atoms with Crippen molar-refractivity contribution >= 4 is 23.5 Å². The van der Waals surface area contributed by atoms with E-state index < -0.39 is 0 Å². The van der Waals surface area contributed by atoms with E-state index in [4.69, 9.17) is 11.6 Å². The van der Waals surface area contributed by atoms with Crippen molar-refractivity contribution in [2.24, 2.45) is 4.99 Å². The predicted octanol–water partition coefficient (Wildman–Crippen LogP) is 3.32. The zero-order valence-corrected chi connectivity index (χ0v) is 17.2. The molecule has 0 atom stereocenters. The second kappa shape index (κ2) is 9.93. The third-order valence-corrected chi connectivity index (χ3v) is 5.04. The zero-order valence-electron chi connectivity index (χ0n) is 16.4. The molecule has 1 saturated heterocycles. The second-order valence-corrected chi connectivity index (χ2v) is 7.88. The zero-order chi connectivity index (χ0) is 19.9. The van der Waals surface area contributed by atoms with Crippen LogP contribution in [0.3, 0.4) is 0 Å². The molecule has 2 N–H and O–H groups in total. The Labute approximate surface area is 166 Å². The van der Waals surface area contributed by atoms with Gasteiger partial charge in [-0.05, 0) is 37.5 Å². The van der Waals surface area contributed by atoms with E-state index in [9.17, 15) is 9.18 Å². The lowest BCUT2D eigenvalue weighted by Crippen LogP contribution is -2.40. The second-order valence-electron chi connectivity index (χ2n) is 7.47. The number of hydrogen-bond donors (Lipinski definition) is 2. The first-order valence-electron chi connectivity index (χ1n) is 9.59. The van der Waals surface area contributed by atoms with Crippen LogP contribution in [0.15, 0.2) is 23.2 Å². The summed E-state index contributed by atoms with van der Waals surface area (Å²) in [6.07, 6.45) is 2.66. The van der Waals surface area contributed by atoms with Crippen LogP contribution in [0.1, 0.15) is 45.6 Å². The number of hydrogen-bond acceptors (Lipinski definition) is 2. The van der Waals surface area contributed by atoms with E-state index in [0.717, 1.165) is 38.0 Å². The minimum Gasteiger partial charge on any atom is -0.357 e. The van der Waals surface area contributed by atoms with Crippen molar-refractivity contribution in [1.29, 1.82) is 0 Å². The van der Waals surface area contributed by atoms with Gasteiger partial charge in [-0.25, -0.2) is 4.39 Å². The molecular formula is C20H30ClFN4O. The molecule has 0 unspecified atom stereocenters. The number of rotatable bonds is 7. The fourth-order valence-corrected chi connectivity index (χ4v) is 3.58. The molecule has 7 heteroatoms. The fourth-order valence-electron chi connectivity index (χ4n) is 3.15. The minimum absolute atomic E-state index is 0.189. The molecule has 0 radical (unpaired) electrons. The molecule has 1 aromatic carbocycles. The molecule has 2 rings (SSSR count). The summed E-state index contributed by atoms with van der Waals surface area (Å²) in [4.78, 5) is 18.7. The molecule has 1 aliphatic heterocycles. The summed E-state index contributed by atoms with van der Waals surface area (Å²) < 4.78 is 13.3. The van der Waals surface area contributed by atoms with E-state index in [-0.39, 0.29) is 17.1 Å². The van der Waals surface area contributed by atoms with Gasteiger partial charge in [0.1, 0.15) is 5.82 Å². The summed E-state index contributed by atoms with van der Waals surface area (Å²) in [6, 6.07) is 4.46. The van der Waals surface area contributed by atoms with E-state index in [1.165, 1.54) is 12.1 Å². The van der Waals surface area contributed by atoms with Gasteiger partial charge in [-0.1, -0.05) is 31.5 Å². The molecule has 27 heavy (non-hydrogen) atoms. The Hall–Kier alpha value is -1.82. The van der Waals surface area contributed by atoms with Gasteiger partial charge in [0.15, 0.2) is 5.96 Å². The van der Waals surface area contributed by atoms with Crippen LogP contribution in [-0.4, -0.2) is 49.5 Å². The normalized spacial score (nSPS) is 15.1. The summed E-state index contributed by atoms with van der Waals surface area (Å²) in [6.45, 7) is 9.54. The topological polar surface area (TPSA) is 56.7 Å². The number of nitrogens with one attached hydrogen (secondary N) is 2. The lowest BCUT2D eigenvalue weighted by molar-refractivity contribution is -0.129. The van der Waals surface area contributed by atoms with E-state index in [0.29, 0.717) is 30.5 Å². The predicted molar refractivity (Wildman–Crippen MR) is 109 cm³/mol. The monoisotopic (exact) mass is 396 g/mol. The van der Waals surface area contributed by atoms with Crippen LogP contribution in [-0.2, 0) is 10.2 Å². The number of benzene rings is 1. The van der Waals surface area contributed by atoms with Crippen molar-refractivity contribution in [1.82, 2.24) is 15.5 Å². The maximum absolute atomic E-state index is 13.3. The number of halogens is 2. The number of likely N-dealkylation sites (tertiary alicyclic amines) is 1. The molecule has 0 aromatic heterocycles. The Morgan fingerprint density at radius 1 is 1.30 bits per heavy atom. The van der Waals surface area contributed by atoms with Gasteiger partial charge in [-0.2, -0.15) is 0 Å². The number of aliphatic imine (C=N–C) groups is 1. The van der Waals surface area contributed by atoms with Gasteiger partial charge in [-0.15, -0.1) is 0 Å². The van der Waals surface area contributed by atoms with Crippen LogP contribution >= 0.6 is 11.6 Å². The molecule has 0 spiro atoms. The van der Waals surface area contributed by atoms with Gasteiger partial charge in [0.25, 0.3) is 0 Å². The van der Waals surface area contributed by atoms with E-state index in [1.54, 1.807) is 6.07 Å². The van der Waals surface area contributed by atoms with Crippen LogP contribution in [0, 0.1) is 5.82 Å². The first-order chi connectivity index (χ1) is 12.8. The molecule has 1 amide bonds. The number of nitrogens with zero attached hydrogens (tertiary/aromatic N) is 2. The maximum atomic E-state index is 13.3. The van der Waals surface area contributed by atoms with Crippen LogP contribution in [0.2, 0.25) is 5.02 Å². The van der Waals surface area contributed by atoms with Crippen molar-refractivity contribution < 1.29 is 9.18 Å². The first kappa shape index (κ1) is 21.5. The van der Waals surface area contributed by atoms with Gasteiger partial charge in [0.05, 0.1) is 6.54 Å². The third-order valence-electron chi connectivity index (χ3n) is 4.73. The molecule has 0 aliphatic carbocycles. The molecule has 5 nitrogen and oxygen atoms in total. The highest BCUT2D eigenvalue weighted by Gasteiger charge is 2.24. The molecule has 0 bridgehead atoms. The molecule has 1 fully saturated rings. The van der Waals surface area contributed by atoms with Crippen molar-refractivity contribution in [3.05, 3.63) is 34.6 Å². The Balaban J connectivity index is 1.93. The van der Waals surface area contributed by atoms with E-state index >= 15 is 0 Å². The number of guanidine groups is 1. The quantitative estimate of drug-likeness (QED) is 0.549. The summed E-state index contributed by atoms with van der Waals surface area (Å²) in [5.74, 6) is 0.507. The third kappa shape index (κ3) is 6.38. The Bertz CT molecular complexity index is 672. The van der Waals surface area contributed by atoms with Crippen LogP contribution in [0.4, 0.5) is 4.39 Å². The van der Waals surface area contributed by atoms with Crippen molar-refractivity contribution in [3.63, 3.8) is 0 Å². The minimum atomic E-state index is -0.349. The molecule has 1 heterocycles. The highest BCUT2D eigenvalue weighted by Crippen LogP contribution is 2.30. The van der Waals surface area contributed by atoms with Crippen molar-refractivity contribution in [2.75, 3.05) is 32.7 Å². The Morgan fingerprint density at radius 2 is 2.00 bits per heavy atom. The molecule has 1 aromatic rings. The van der Waals surface area contributed by atoms with Crippen molar-refractivity contribution in [3.8, 4) is 0 Å². The SMILES string of the molecule is CCNC(=NCC(C)(C)c1ccc(F)cc1Cl)NCCC(=O)N1CCCC1. The largest absolute Gasteiger partial charge is 0.357 e. The molecule has 0 saturated carbocycles. The average Bonchev–Trinajstić information content (AvgIpc) is 3.14. The molecular weight excluding hydrogens is 367 g/mol. The summed E-state index contributed by atoms with van der Waals surface area (Å²) in [5.41, 5.74) is 0.507. The van der Waals surface area contributed by atoms with Crippen LogP contribution in [0.5, 0.6) is 0 Å². The van der Waals surface area contributed by atoms with Gasteiger partial charge < -0.3 is 15.5 Å². The standard InChI is InChI=1S/C20H30ClFN4O/c1-4-23-19(24-10-9-18(27)26-11-5-6-12-26)25-14-20(2,3)16-8-7-15(22)13-17(16)21/h7-8,13H,4-6,9-12,14H2,1-3H3,(H2,23,24,25). The Kier molecular flexibility index (Phi) is 7.90. The van der Waals surface area contributed by atoms with Crippen LogP contribution in [0.25, 0.3) is 0 Å². The number of carbonyl (C=O) groups is 1. The van der Waals surface area contributed by atoms with Crippen LogP contribution < -0.4 is 10.6 Å². The summed E-state index contributed by atoms with van der Waals surface area (Å²) in [7, 11) is 0. The summed E-state index contributed by atoms with van der Waals surface area (Å²) >= 11 is 6.21. The fraction of sp³-hybridized carbons (Fsp3) is 0.600. The van der Waals surface area contributed by atoms with Gasteiger partial charge in [0, 0.05) is 43.0 Å². The smallest absolute Gasteiger partial charge is 0.224 e. The Morgan fingerprint density at radius 3 is 2.63 bits per heavy atom. The van der Waals surface area contributed by atoms with E-state index in [2.05, 4.69) is 15.6 Å². The molecule has 150 valence electrons. The van der Waals surface area contributed by atoms with Gasteiger partial charge in [-0.3, -0.25) is 9.79 Å². The van der Waals surface area contributed by atoms with Crippen molar-refractivity contribution in [2.45, 2.75) is 45.4 Å². The highest BCUT2D eigenvalue weighted by molar-refractivity contribution is 6.31. The lowest BCUT2D eigenvalue weighted by atomic mass is 9.84. The summed E-state index contributed by atoms with van der Waals surface area (Å²) in [5, 5.41) is 6.82. The first-order valence-corrected chi connectivity index (χ1v) is 9.97. The number of amides is 1. The lowest BCUT2D eigenvalue weighted by Gasteiger charge is -2.25. The van der Waals surface area contributed by atoms with Gasteiger partial charge >= 0.3 is 0 Å². The van der Waals surface area contributed by atoms with E-state index in [1.807, 2.05) is 25.7 Å². The average molecular weight is 397 g/mol. The van der Waals surface area contributed by atoms with Gasteiger partial charge in [0.2, 0.25) is 5.91 Å². The highest BCUT2D eigenvalue weighted by atomic mass is 35.5.